The number of fused-ring (bicyclic) bond motifs is 1. The molecule has 1 aliphatic heterocycles. The number of amides is 1. The zero-order chi connectivity index (χ0) is 14.8. The van der Waals surface area contributed by atoms with Gasteiger partial charge in [-0.3, -0.25) is 4.79 Å². The molecule has 0 saturated heterocycles. The summed E-state index contributed by atoms with van der Waals surface area (Å²) >= 11 is 2.32. The Bertz CT molecular complexity index is 667. The summed E-state index contributed by atoms with van der Waals surface area (Å²) in [5, 5.41) is 6.31. The van der Waals surface area contributed by atoms with E-state index >= 15 is 0 Å². The van der Waals surface area contributed by atoms with E-state index in [2.05, 4.69) is 69.6 Å². The molecule has 2 aromatic carbocycles. The predicted molar refractivity (Wildman–Crippen MR) is 93.5 cm³/mol. The molecule has 2 aromatic rings. The molecule has 108 valence electrons. The topological polar surface area (TPSA) is 41.1 Å². The van der Waals surface area contributed by atoms with Crippen molar-refractivity contribution < 1.29 is 4.79 Å². The fourth-order valence-electron chi connectivity index (χ4n) is 2.76. The van der Waals surface area contributed by atoms with Crippen LogP contribution in [0.3, 0.4) is 0 Å². The van der Waals surface area contributed by atoms with Gasteiger partial charge in [0.05, 0.1) is 6.04 Å². The Labute approximate surface area is 138 Å². The summed E-state index contributed by atoms with van der Waals surface area (Å²) < 4.78 is 1.24. The maximum Gasteiger partial charge on any atom is 0.224 e. The van der Waals surface area contributed by atoms with E-state index in [4.69, 9.17) is 0 Å². The van der Waals surface area contributed by atoms with Crippen molar-refractivity contribution in [2.75, 3.05) is 12.4 Å². The van der Waals surface area contributed by atoms with Crippen LogP contribution < -0.4 is 10.6 Å². The summed E-state index contributed by atoms with van der Waals surface area (Å²) in [6.45, 7) is 0. The monoisotopic (exact) mass is 392 g/mol. The molecule has 0 saturated carbocycles. The molecule has 4 heteroatoms. The largest absolute Gasteiger partial charge is 0.326 e. The van der Waals surface area contributed by atoms with Crippen LogP contribution >= 0.6 is 22.6 Å². The number of hydrogen-bond acceptors (Lipinski definition) is 2. The maximum absolute atomic E-state index is 11.4. The number of halogens is 1. The molecule has 0 spiro atoms. The van der Waals surface area contributed by atoms with Crippen LogP contribution in [0.25, 0.3) is 0 Å². The SMILES string of the molecule is CNC(c1ccc(I)cc1)c1ccc2c(c1)CCC(=O)N2. The van der Waals surface area contributed by atoms with Crippen LogP contribution in [0.4, 0.5) is 5.69 Å². The highest BCUT2D eigenvalue weighted by atomic mass is 127. The molecule has 0 bridgehead atoms. The predicted octanol–water partition coefficient (Wildman–Crippen LogP) is 3.48. The number of rotatable bonds is 3. The van der Waals surface area contributed by atoms with Gasteiger partial charge in [-0.25, -0.2) is 0 Å². The normalized spacial score (nSPS) is 15.2. The van der Waals surface area contributed by atoms with E-state index in [9.17, 15) is 4.79 Å². The minimum Gasteiger partial charge on any atom is -0.326 e. The van der Waals surface area contributed by atoms with Crippen LogP contribution in [0.2, 0.25) is 0 Å². The Hall–Kier alpha value is -1.40. The summed E-state index contributed by atoms with van der Waals surface area (Å²) in [6.07, 6.45) is 1.39. The third-order valence-electron chi connectivity index (χ3n) is 3.85. The first-order valence-corrected chi connectivity index (χ1v) is 8.10. The number of benzene rings is 2. The molecular formula is C17H17IN2O. The van der Waals surface area contributed by atoms with Gasteiger partial charge in [0.2, 0.25) is 5.91 Å². The van der Waals surface area contributed by atoms with Gasteiger partial charge in [-0.05, 0) is 70.9 Å². The van der Waals surface area contributed by atoms with Gasteiger partial charge in [-0.15, -0.1) is 0 Å². The lowest BCUT2D eigenvalue weighted by Crippen LogP contribution is -2.21. The van der Waals surface area contributed by atoms with Gasteiger partial charge in [0.1, 0.15) is 0 Å². The first-order chi connectivity index (χ1) is 10.2. The Morgan fingerprint density at radius 3 is 2.52 bits per heavy atom. The van der Waals surface area contributed by atoms with E-state index in [0.29, 0.717) is 6.42 Å². The number of carbonyl (C=O) groups is 1. The van der Waals surface area contributed by atoms with Gasteiger partial charge in [0, 0.05) is 15.7 Å². The molecule has 1 unspecified atom stereocenters. The summed E-state index contributed by atoms with van der Waals surface area (Å²) in [4.78, 5) is 11.4. The molecule has 3 nitrogen and oxygen atoms in total. The number of aryl methyl sites for hydroxylation is 1. The lowest BCUT2D eigenvalue weighted by atomic mass is 9.94. The highest BCUT2D eigenvalue weighted by Crippen LogP contribution is 2.29. The summed E-state index contributed by atoms with van der Waals surface area (Å²) in [5.74, 6) is 0.109. The minimum absolute atomic E-state index is 0.109. The highest BCUT2D eigenvalue weighted by molar-refractivity contribution is 14.1. The molecule has 2 N–H and O–H groups in total. The Kier molecular flexibility index (Phi) is 4.26. The van der Waals surface area contributed by atoms with Crippen LogP contribution in [0, 0.1) is 3.57 Å². The molecule has 1 atom stereocenters. The van der Waals surface area contributed by atoms with E-state index in [0.717, 1.165) is 12.1 Å². The molecule has 21 heavy (non-hydrogen) atoms. The third kappa shape index (κ3) is 3.11. The Morgan fingerprint density at radius 2 is 1.81 bits per heavy atom. The molecule has 1 heterocycles. The van der Waals surface area contributed by atoms with Crippen molar-refractivity contribution >= 4 is 34.2 Å². The van der Waals surface area contributed by atoms with Crippen LogP contribution in [-0.2, 0) is 11.2 Å². The average molecular weight is 392 g/mol. The van der Waals surface area contributed by atoms with Gasteiger partial charge < -0.3 is 10.6 Å². The van der Waals surface area contributed by atoms with Crippen molar-refractivity contribution in [1.29, 1.82) is 0 Å². The third-order valence-corrected chi connectivity index (χ3v) is 4.57. The number of carbonyl (C=O) groups excluding carboxylic acids is 1. The van der Waals surface area contributed by atoms with Crippen LogP contribution in [0.1, 0.15) is 29.2 Å². The number of anilines is 1. The number of hydrogen-bond donors (Lipinski definition) is 2. The fourth-order valence-corrected chi connectivity index (χ4v) is 3.12. The van der Waals surface area contributed by atoms with Crippen molar-refractivity contribution in [1.82, 2.24) is 5.32 Å². The van der Waals surface area contributed by atoms with E-state index < -0.39 is 0 Å². The van der Waals surface area contributed by atoms with Crippen molar-refractivity contribution in [3.63, 3.8) is 0 Å². The summed E-state index contributed by atoms with van der Waals surface area (Å²) in [6, 6.07) is 15.0. The summed E-state index contributed by atoms with van der Waals surface area (Å²) in [5.41, 5.74) is 4.65. The lowest BCUT2D eigenvalue weighted by molar-refractivity contribution is -0.116. The smallest absolute Gasteiger partial charge is 0.224 e. The van der Waals surface area contributed by atoms with Gasteiger partial charge >= 0.3 is 0 Å². The van der Waals surface area contributed by atoms with E-state index in [1.165, 1.54) is 20.3 Å². The first-order valence-electron chi connectivity index (χ1n) is 7.03. The van der Waals surface area contributed by atoms with E-state index in [1.807, 2.05) is 13.1 Å². The zero-order valence-corrected chi connectivity index (χ0v) is 14.0. The van der Waals surface area contributed by atoms with Crippen molar-refractivity contribution in [3.05, 3.63) is 62.7 Å². The van der Waals surface area contributed by atoms with Gasteiger partial charge in [0.15, 0.2) is 0 Å². The molecule has 1 amide bonds. The lowest BCUT2D eigenvalue weighted by Gasteiger charge is -2.22. The number of nitrogens with one attached hydrogen (secondary N) is 2. The second-order valence-electron chi connectivity index (χ2n) is 5.24. The molecular weight excluding hydrogens is 375 g/mol. The molecule has 1 aliphatic rings. The average Bonchev–Trinajstić information content (AvgIpc) is 2.50. The molecule has 3 rings (SSSR count). The summed E-state index contributed by atoms with van der Waals surface area (Å²) in [7, 11) is 1.98. The Morgan fingerprint density at radius 1 is 1.10 bits per heavy atom. The molecule has 0 aromatic heterocycles. The zero-order valence-electron chi connectivity index (χ0n) is 11.8. The molecule has 0 radical (unpaired) electrons. The standard InChI is InChI=1S/C17H17IN2O/c1-19-17(11-2-6-14(18)7-3-11)13-4-8-15-12(10-13)5-9-16(21)20-15/h2-4,6-8,10,17,19H,5,9H2,1H3,(H,20,21). The van der Waals surface area contributed by atoms with Crippen LogP contribution in [0.5, 0.6) is 0 Å². The highest BCUT2D eigenvalue weighted by Gasteiger charge is 2.18. The fraction of sp³-hybridized carbons (Fsp3) is 0.235. The first kappa shape index (κ1) is 14.5. The van der Waals surface area contributed by atoms with Gasteiger partial charge in [0.25, 0.3) is 0 Å². The van der Waals surface area contributed by atoms with Crippen LogP contribution in [0.15, 0.2) is 42.5 Å². The Balaban J connectivity index is 1.94. The molecule has 0 aliphatic carbocycles. The van der Waals surface area contributed by atoms with Crippen LogP contribution in [-0.4, -0.2) is 13.0 Å². The second-order valence-corrected chi connectivity index (χ2v) is 6.48. The minimum atomic E-state index is 0.109. The van der Waals surface area contributed by atoms with Crippen molar-refractivity contribution in [2.45, 2.75) is 18.9 Å². The van der Waals surface area contributed by atoms with E-state index in [1.54, 1.807) is 0 Å². The van der Waals surface area contributed by atoms with Crippen molar-refractivity contribution in [3.8, 4) is 0 Å². The molecule has 0 fully saturated rings. The van der Waals surface area contributed by atoms with Crippen molar-refractivity contribution in [2.24, 2.45) is 0 Å². The van der Waals surface area contributed by atoms with Gasteiger partial charge in [-0.2, -0.15) is 0 Å². The second kappa shape index (κ2) is 6.15. The van der Waals surface area contributed by atoms with Gasteiger partial charge in [-0.1, -0.05) is 24.3 Å². The van der Waals surface area contributed by atoms with E-state index in [-0.39, 0.29) is 11.9 Å². The maximum atomic E-state index is 11.4. The quantitative estimate of drug-likeness (QED) is 0.786.